The van der Waals surface area contributed by atoms with Gasteiger partial charge in [0.15, 0.2) is 0 Å². The van der Waals surface area contributed by atoms with Gasteiger partial charge in [0.1, 0.15) is 11.6 Å². The molecular weight excluding hydrogens is 216 g/mol. The molecule has 0 bridgehead atoms. The third-order valence-electron chi connectivity index (χ3n) is 2.34. The molecule has 1 aromatic heterocycles. The standard InChI is InChI=1S/C12H10N4O/c1-7-3-2-4-8(5-7)10-9(6-13)11(17)16-12(14)15-10/h2-5H,1H3,(H3,14,15,16,17). The van der Waals surface area contributed by atoms with Crippen molar-refractivity contribution in [3.63, 3.8) is 0 Å². The van der Waals surface area contributed by atoms with Crippen LogP contribution in [0.5, 0.6) is 0 Å². The minimum absolute atomic E-state index is 0.00510. The Hall–Kier alpha value is -2.61. The Balaban J connectivity index is 2.76. The largest absolute Gasteiger partial charge is 0.369 e. The Labute approximate surface area is 97.6 Å². The molecule has 0 aliphatic rings. The average molecular weight is 226 g/mol. The summed E-state index contributed by atoms with van der Waals surface area (Å²) >= 11 is 0. The number of nitriles is 1. The SMILES string of the molecule is Cc1cccc(-c2nc(N)[nH]c(=O)c2C#N)c1. The number of H-pyrrole nitrogens is 1. The van der Waals surface area contributed by atoms with Crippen LogP contribution in [0, 0.1) is 18.3 Å². The third-order valence-corrected chi connectivity index (χ3v) is 2.34. The monoisotopic (exact) mass is 226 g/mol. The highest BCUT2D eigenvalue weighted by Gasteiger charge is 2.11. The van der Waals surface area contributed by atoms with Crippen LogP contribution in [0.2, 0.25) is 0 Å². The molecule has 0 atom stereocenters. The second-order valence-corrected chi connectivity index (χ2v) is 3.66. The third kappa shape index (κ3) is 2.01. The van der Waals surface area contributed by atoms with Gasteiger partial charge in [0.25, 0.3) is 5.56 Å². The van der Waals surface area contributed by atoms with Crippen molar-refractivity contribution in [3.8, 4) is 17.3 Å². The van der Waals surface area contributed by atoms with Gasteiger partial charge in [-0.15, -0.1) is 0 Å². The number of aryl methyl sites for hydroxylation is 1. The van der Waals surface area contributed by atoms with E-state index in [-0.39, 0.29) is 11.5 Å². The van der Waals surface area contributed by atoms with Crippen molar-refractivity contribution in [2.24, 2.45) is 0 Å². The topological polar surface area (TPSA) is 95.6 Å². The number of rotatable bonds is 1. The van der Waals surface area contributed by atoms with Gasteiger partial charge < -0.3 is 5.73 Å². The summed E-state index contributed by atoms with van der Waals surface area (Å²) in [6, 6.07) is 9.24. The summed E-state index contributed by atoms with van der Waals surface area (Å²) in [6.45, 7) is 1.92. The number of anilines is 1. The summed E-state index contributed by atoms with van der Waals surface area (Å²) in [5.74, 6) is 0.00510. The fourth-order valence-electron chi connectivity index (χ4n) is 1.60. The van der Waals surface area contributed by atoms with Crippen LogP contribution in [0.3, 0.4) is 0 Å². The van der Waals surface area contributed by atoms with Crippen molar-refractivity contribution < 1.29 is 0 Å². The molecule has 2 rings (SSSR count). The number of hydrogen-bond acceptors (Lipinski definition) is 4. The van der Waals surface area contributed by atoms with E-state index in [0.29, 0.717) is 11.3 Å². The van der Waals surface area contributed by atoms with E-state index < -0.39 is 5.56 Å². The van der Waals surface area contributed by atoms with Crippen LogP contribution in [-0.2, 0) is 0 Å². The van der Waals surface area contributed by atoms with Crippen molar-refractivity contribution in [1.82, 2.24) is 9.97 Å². The first kappa shape index (κ1) is 10.9. The molecule has 0 aliphatic carbocycles. The Bertz CT molecular complexity index is 667. The van der Waals surface area contributed by atoms with Gasteiger partial charge in [0.2, 0.25) is 5.95 Å². The van der Waals surface area contributed by atoms with Crippen LogP contribution in [0.15, 0.2) is 29.1 Å². The lowest BCUT2D eigenvalue weighted by atomic mass is 10.1. The van der Waals surface area contributed by atoms with Gasteiger partial charge in [-0.3, -0.25) is 9.78 Å². The van der Waals surface area contributed by atoms with Crippen molar-refractivity contribution in [3.05, 3.63) is 45.7 Å². The van der Waals surface area contributed by atoms with E-state index >= 15 is 0 Å². The molecule has 1 heterocycles. The van der Waals surface area contributed by atoms with Crippen molar-refractivity contribution in [2.75, 3.05) is 5.73 Å². The summed E-state index contributed by atoms with van der Waals surface area (Å²) in [5.41, 5.74) is 6.99. The summed E-state index contributed by atoms with van der Waals surface area (Å²) in [5, 5.41) is 8.97. The zero-order valence-corrected chi connectivity index (χ0v) is 9.19. The molecule has 3 N–H and O–H groups in total. The molecular formula is C12H10N4O. The fourth-order valence-corrected chi connectivity index (χ4v) is 1.60. The number of nitrogens with one attached hydrogen (secondary N) is 1. The number of nitrogen functional groups attached to an aromatic ring is 1. The second kappa shape index (κ2) is 4.10. The first-order valence-corrected chi connectivity index (χ1v) is 4.98. The molecule has 84 valence electrons. The molecule has 2 aromatic rings. The van der Waals surface area contributed by atoms with E-state index in [1.165, 1.54) is 0 Å². The van der Waals surface area contributed by atoms with E-state index in [1.807, 2.05) is 31.2 Å². The lowest BCUT2D eigenvalue weighted by Crippen LogP contribution is -2.16. The molecule has 0 saturated carbocycles. The van der Waals surface area contributed by atoms with Crippen LogP contribution in [-0.4, -0.2) is 9.97 Å². The molecule has 0 radical (unpaired) electrons. The molecule has 0 saturated heterocycles. The minimum atomic E-state index is -0.517. The summed E-state index contributed by atoms with van der Waals surface area (Å²) < 4.78 is 0. The first-order valence-electron chi connectivity index (χ1n) is 4.98. The predicted molar refractivity (Wildman–Crippen MR) is 64.2 cm³/mol. The molecule has 0 amide bonds. The van der Waals surface area contributed by atoms with Crippen molar-refractivity contribution in [2.45, 2.75) is 6.92 Å². The molecule has 0 spiro atoms. The molecule has 1 aromatic carbocycles. The maximum absolute atomic E-state index is 11.6. The summed E-state index contributed by atoms with van der Waals surface area (Å²) in [4.78, 5) is 17.9. The minimum Gasteiger partial charge on any atom is -0.369 e. The number of benzene rings is 1. The van der Waals surface area contributed by atoms with E-state index in [2.05, 4.69) is 9.97 Å². The number of hydrogen-bond donors (Lipinski definition) is 2. The smallest absolute Gasteiger partial charge is 0.270 e. The first-order chi connectivity index (χ1) is 8.11. The molecule has 5 nitrogen and oxygen atoms in total. The Morgan fingerprint density at radius 3 is 2.88 bits per heavy atom. The summed E-state index contributed by atoms with van der Waals surface area (Å²) in [6.07, 6.45) is 0. The highest BCUT2D eigenvalue weighted by Crippen LogP contribution is 2.20. The van der Waals surface area contributed by atoms with Gasteiger partial charge in [0, 0.05) is 5.56 Å². The van der Waals surface area contributed by atoms with E-state index in [4.69, 9.17) is 11.0 Å². The van der Waals surface area contributed by atoms with Crippen molar-refractivity contribution >= 4 is 5.95 Å². The van der Waals surface area contributed by atoms with Gasteiger partial charge in [0.05, 0.1) is 5.69 Å². The maximum atomic E-state index is 11.6. The lowest BCUT2D eigenvalue weighted by molar-refractivity contribution is 1.12. The van der Waals surface area contributed by atoms with Gasteiger partial charge in [-0.05, 0) is 13.0 Å². The normalized spacial score (nSPS) is 9.88. The number of aromatic amines is 1. The Morgan fingerprint density at radius 1 is 1.47 bits per heavy atom. The van der Waals surface area contributed by atoms with E-state index in [1.54, 1.807) is 6.07 Å². The zero-order chi connectivity index (χ0) is 12.4. The van der Waals surface area contributed by atoms with Crippen molar-refractivity contribution in [1.29, 1.82) is 5.26 Å². The van der Waals surface area contributed by atoms with Crippen LogP contribution >= 0.6 is 0 Å². The molecule has 0 aliphatic heterocycles. The molecule has 0 fully saturated rings. The Kier molecular flexibility index (Phi) is 2.63. The Morgan fingerprint density at radius 2 is 2.24 bits per heavy atom. The zero-order valence-electron chi connectivity index (χ0n) is 9.19. The van der Waals surface area contributed by atoms with Crippen LogP contribution < -0.4 is 11.3 Å². The highest BCUT2D eigenvalue weighted by atomic mass is 16.1. The molecule has 0 unspecified atom stereocenters. The highest BCUT2D eigenvalue weighted by molar-refractivity contribution is 5.67. The summed E-state index contributed by atoms with van der Waals surface area (Å²) in [7, 11) is 0. The average Bonchev–Trinajstić information content (AvgIpc) is 2.28. The van der Waals surface area contributed by atoms with Gasteiger partial charge in [-0.1, -0.05) is 23.8 Å². The lowest BCUT2D eigenvalue weighted by Gasteiger charge is -2.04. The second-order valence-electron chi connectivity index (χ2n) is 3.66. The number of nitrogens with two attached hydrogens (primary N) is 1. The molecule has 5 heteroatoms. The quantitative estimate of drug-likeness (QED) is 0.763. The number of aromatic nitrogens is 2. The fraction of sp³-hybridized carbons (Fsp3) is 0.0833. The van der Waals surface area contributed by atoms with Crippen LogP contribution in [0.4, 0.5) is 5.95 Å². The molecule has 17 heavy (non-hydrogen) atoms. The maximum Gasteiger partial charge on any atom is 0.270 e. The van der Waals surface area contributed by atoms with Gasteiger partial charge in [-0.25, -0.2) is 4.98 Å². The predicted octanol–water partition coefficient (Wildman–Crippen LogP) is 1.20. The van der Waals surface area contributed by atoms with Crippen LogP contribution in [0.25, 0.3) is 11.3 Å². The van der Waals surface area contributed by atoms with Gasteiger partial charge >= 0.3 is 0 Å². The number of nitrogens with zero attached hydrogens (tertiary/aromatic N) is 2. The van der Waals surface area contributed by atoms with E-state index in [0.717, 1.165) is 5.56 Å². The van der Waals surface area contributed by atoms with Crippen LogP contribution in [0.1, 0.15) is 11.1 Å². The van der Waals surface area contributed by atoms with E-state index in [9.17, 15) is 4.79 Å². The van der Waals surface area contributed by atoms with Gasteiger partial charge in [-0.2, -0.15) is 5.26 Å².